The molecule has 0 amide bonds. The predicted octanol–water partition coefficient (Wildman–Crippen LogP) is 1.37. The fourth-order valence-corrected chi connectivity index (χ4v) is 0.732. The van der Waals surface area contributed by atoms with Gasteiger partial charge in [0.05, 0.1) is 0 Å². The van der Waals surface area contributed by atoms with Gasteiger partial charge in [0.15, 0.2) is 0 Å². The number of rotatable bonds is 3. The van der Waals surface area contributed by atoms with Crippen LogP contribution in [-0.2, 0) is 10.1 Å². The lowest BCUT2D eigenvalue weighted by atomic mass is 10.4. The van der Waals surface area contributed by atoms with E-state index in [-0.39, 0.29) is 0 Å². The summed E-state index contributed by atoms with van der Waals surface area (Å²) < 4.78 is 96.5. The first-order valence-corrected chi connectivity index (χ1v) is 3.89. The Labute approximate surface area is 68.1 Å². The molecule has 0 unspecified atom stereocenters. The largest absolute Gasteiger partial charge is 0.437 e. The van der Waals surface area contributed by atoms with E-state index < -0.39 is 27.7 Å². The van der Waals surface area contributed by atoms with Crippen molar-refractivity contribution in [3.8, 4) is 0 Å². The van der Waals surface area contributed by atoms with Crippen molar-refractivity contribution < 1.29 is 39.3 Å². The van der Waals surface area contributed by atoms with E-state index >= 15 is 0 Å². The van der Waals surface area contributed by atoms with Crippen molar-refractivity contribution in [3.63, 3.8) is 0 Å². The van der Waals surface area contributed by atoms with Crippen LogP contribution < -0.4 is 0 Å². The van der Waals surface area contributed by atoms with Crippen LogP contribution in [0.3, 0.4) is 0 Å². The van der Waals surface area contributed by atoms with Crippen LogP contribution in [0.25, 0.3) is 0 Å². The maximum Gasteiger partial charge on any atom is 0.437 e. The zero-order chi connectivity index (χ0) is 11.1. The summed E-state index contributed by atoms with van der Waals surface area (Å²) in [4.78, 5) is 0. The zero-order valence-corrected chi connectivity index (χ0v) is 6.33. The van der Waals surface area contributed by atoms with Crippen LogP contribution >= 0.6 is 0 Å². The first-order valence-electron chi connectivity index (χ1n) is 2.45. The SMILES string of the molecule is O=S(=O)(O)C(F)(F)C(F)(F)C(F)F. The van der Waals surface area contributed by atoms with E-state index in [1.165, 1.54) is 0 Å². The first kappa shape index (κ1) is 12.5. The highest BCUT2D eigenvalue weighted by Crippen LogP contribution is 2.42. The van der Waals surface area contributed by atoms with E-state index in [1.54, 1.807) is 0 Å². The third-order valence-electron chi connectivity index (χ3n) is 0.986. The summed E-state index contributed by atoms with van der Waals surface area (Å²) in [5, 5.41) is -6.20. The Morgan fingerprint density at radius 1 is 1.08 bits per heavy atom. The summed E-state index contributed by atoms with van der Waals surface area (Å²) in [6.07, 6.45) is -4.90. The summed E-state index contributed by atoms with van der Waals surface area (Å²) in [7, 11) is -6.57. The molecule has 1 N–H and O–H groups in total. The fraction of sp³-hybridized carbons (Fsp3) is 1.00. The van der Waals surface area contributed by atoms with Gasteiger partial charge in [0.25, 0.3) is 0 Å². The minimum absolute atomic E-state index is 4.90. The molecule has 0 radical (unpaired) electrons. The molecule has 0 bridgehead atoms. The lowest BCUT2D eigenvalue weighted by Crippen LogP contribution is -2.51. The van der Waals surface area contributed by atoms with E-state index in [4.69, 9.17) is 4.55 Å². The second-order valence-electron chi connectivity index (χ2n) is 1.92. The molecule has 0 aromatic heterocycles. The van der Waals surface area contributed by atoms with E-state index in [9.17, 15) is 34.8 Å². The monoisotopic (exact) mass is 232 g/mol. The molecule has 0 aromatic carbocycles. The molecule has 13 heavy (non-hydrogen) atoms. The average Bonchev–Trinajstić information content (AvgIpc) is 1.84. The van der Waals surface area contributed by atoms with Crippen molar-refractivity contribution in [2.24, 2.45) is 0 Å². The summed E-state index contributed by atoms with van der Waals surface area (Å²) >= 11 is 0. The zero-order valence-electron chi connectivity index (χ0n) is 5.52. The molecule has 80 valence electrons. The molecule has 0 spiro atoms. The van der Waals surface area contributed by atoms with E-state index in [0.717, 1.165) is 0 Å². The molecule has 0 fully saturated rings. The smallest absolute Gasteiger partial charge is 0.281 e. The van der Waals surface area contributed by atoms with Crippen molar-refractivity contribution in [2.75, 3.05) is 0 Å². The molecule has 0 aliphatic carbocycles. The third-order valence-corrected chi connectivity index (χ3v) is 1.91. The van der Waals surface area contributed by atoms with E-state index in [0.29, 0.717) is 0 Å². The molecular weight excluding hydrogens is 230 g/mol. The molecule has 0 heterocycles. The molecule has 10 heteroatoms. The van der Waals surface area contributed by atoms with Gasteiger partial charge in [0.1, 0.15) is 0 Å². The second-order valence-corrected chi connectivity index (χ2v) is 3.38. The Kier molecular flexibility index (Phi) is 2.89. The first-order chi connectivity index (χ1) is 5.44. The van der Waals surface area contributed by atoms with Crippen LogP contribution in [0.4, 0.5) is 26.3 Å². The van der Waals surface area contributed by atoms with Crippen LogP contribution in [0.1, 0.15) is 0 Å². The van der Waals surface area contributed by atoms with Crippen molar-refractivity contribution in [1.29, 1.82) is 0 Å². The second kappa shape index (κ2) is 3.01. The molecule has 0 aromatic rings. The molecule has 0 atom stereocenters. The van der Waals surface area contributed by atoms with Crippen molar-refractivity contribution >= 4 is 10.1 Å². The van der Waals surface area contributed by atoms with Crippen LogP contribution in [-0.4, -0.2) is 30.6 Å². The molecule has 0 aliphatic rings. The Bertz CT molecular complexity index is 281. The minimum Gasteiger partial charge on any atom is -0.281 e. The minimum atomic E-state index is -6.57. The van der Waals surface area contributed by atoms with Gasteiger partial charge in [-0.2, -0.15) is 26.0 Å². The van der Waals surface area contributed by atoms with Gasteiger partial charge in [-0.3, -0.25) is 4.55 Å². The average molecular weight is 232 g/mol. The summed E-state index contributed by atoms with van der Waals surface area (Å²) in [5.41, 5.74) is 0. The normalized spacial score (nSPS) is 15.1. The summed E-state index contributed by atoms with van der Waals surface area (Å²) in [6.45, 7) is 0. The van der Waals surface area contributed by atoms with Gasteiger partial charge in [-0.25, -0.2) is 8.78 Å². The standard InChI is InChI=1S/C3H2F6O3S/c4-1(5)2(6,7)3(8,9)13(10,11)12/h1H,(H,10,11,12). The van der Waals surface area contributed by atoms with Gasteiger partial charge < -0.3 is 0 Å². The molecular formula is C3H2F6O3S. The van der Waals surface area contributed by atoms with Gasteiger partial charge in [-0.1, -0.05) is 0 Å². The highest BCUT2D eigenvalue weighted by molar-refractivity contribution is 7.87. The maximum absolute atomic E-state index is 11.9. The number of hydrogen-bond acceptors (Lipinski definition) is 2. The van der Waals surface area contributed by atoms with Crippen molar-refractivity contribution in [2.45, 2.75) is 17.6 Å². The van der Waals surface area contributed by atoms with Gasteiger partial charge >= 0.3 is 27.7 Å². The molecule has 0 aliphatic heterocycles. The van der Waals surface area contributed by atoms with Crippen LogP contribution in [0, 0.1) is 0 Å². The lowest BCUT2D eigenvalue weighted by Gasteiger charge is -2.22. The fourth-order valence-electron chi connectivity index (χ4n) is 0.299. The molecule has 0 saturated heterocycles. The highest BCUT2D eigenvalue weighted by atomic mass is 32.2. The van der Waals surface area contributed by atoms with Gasteiger partial charge in [0.2, 0.25) is 0 Å². The van der Waals surface area contributed by atoms with Crippen LogP contribution in [0.15, 0.2) is 0 Å². The van der Waals surface area contributed by atoms with Crippen LogP contribution in [0.2, 0.25) is 0 Å². The Balaban J connectivity index is 5.29. The van der Waals surface area contributed by atoms with Gasteiger partial charge in [0, 0.05) is 0 Å². The van der Waals surface area contributed by atoms with E-state index in [1.807, 2.05) is 0 Å². The number of halogens is 6. The summed E-state index contributed by atoms with van der Waals surface area (Å²) in [6, 6.07) is 0. The maximum atomic E-state index is 11.9. The molecule has 0 saturated carbocycles. The van der Waals surface area contributed by atoms with Gasteiger partial charge in [-0.15, -0.1) is 0 Å². The third kappa shape index (κ3) is 1.88. The Morgan fingerprint density at radius 3 is 1.46 bits per heavy atom. The summed E-state index contributed by atoms with van der Waals surface area (Å²) in [5.74, 6) is -6.12. The number of alkyl halides is 6. The van der Waals surface area contributed by atoms with E-state index in [2.05, 4.69) is 0 Å². The van der Waals surface area contributed by atoms with Crippen molar-refractivity contribution in [1.82, 2.24) is 0 Å². The van der Waals surface area contributed by atoms with Crippen LogP contribution in [0.5, 0.6) is 0 Å². The number of hydrogen-bond donors (Lipinski definition) is 1. The highest BCUT2D eigenvalue weighted by Gasteiger charge is 2.70. The predicted molar refractivity (Wildman–Crippen MR) is 27.4 cm³/mol. The van der Waals surface area contributed by atoms with Crippen molar-refractivity contribution in [3.05, 3.63) is 0 Å². The van der Waals surface area contributed by atoms with Gasteiger partial charge in [-0.05, 0) is 0 Å². The topological polar surface area (TPSA) is 54.4 Å². The Hall–Kier alpha value is -0.510. The molecule has 0 rings (SSSR count). The molecule has 3 nitrogen and oxygen atoms in total. The quantitative estimate of drug-likeness (QED) is 0.590. The Morgan fingerprint density at radius 2 is 1.38 bits per heavy atom. The lowest BCUT2D eigenvalue weighted by molar-refractivity contribution is -0.227.